The van der Waals surface area contributed by atoms with E-state index in [2.05, 4.69) is 12.6 Å². The van der Waals surface area contributed by atoms with Gasteiger partial charge in [-0.1, -0.05) is 0 Å². The molecule has 0 aromatic carbocycles. The molecular formula is C2H9NS2. The normalized spacial score (nSPS) is 6.00. The van der Waals surface area contributed by atoms with Crippen LogP contribution >= 0.6 is 26.1 Å². The molecule has 0 aliphatic rings. The fourth-order valence-corrected chi connectivity index (χ4v) is 0. The molecule has 0 amide bonds. The highest BCUT2D eigenvalue weighted by atomic mass is 32.1. The summed E-state index contributed by atoms with van der Waals surface area (Å²) in [6, 6.07) is 0. The number of rotatable bonds is 1. The van der Waals surface area contributed by atoms with Crippen LogP contribution in [0.3, 0.4) is 0 Å². The van der Waals surface area contributed by atoms with Crippen LogP contribution in [-0.2, 0) is 0 Å². The van der Waals surface area contributed by atoms with E-state index in [-0.39, 0.29) is 13.5 Å². The molecule has 3 heteroatoms. The van der Waals surface area contributed by atoms with E-state index in [1.807, 2.05) is 0 Å². The highest BCUT2D eigenvalue weighted by molar-refractivity contribution is 7.80. The largest absolute Gasteiger partial charge is 0.330 e. The lowest BCUT2D eigenvalue weighted by atomic mass is 10.8. The predicted octanol–water partition coefficient (Wildman–Crippen LogP) is -0.0123. The van der Waals surface area contributed by atoms with Crippen molar-refractivity contribution < 1.29 is 0 Å². The molecule has 34 valence electrons. The van der Waals surface area contributed by atoms with Crippen LogP contribution in [0.4, 0.5) is 0 Å². The Morgan fingerprint density at radius 2 is 1.80 bits per heavy atom. The summed E-state index contributed by atoms with van der Waals surface area (Å²) in [5.74, 6) is 0.792. The summed E-state index contributed by atoms with van der Waals surface area (Å²) >= 11 is 3.80. The molecule has 0 spiro atoms. The van der Waals surface area contributed by atoms with Gasteiger partial charge in [-0.3, -0.25) is 0 Å². The van der Waals surface area contributed by atoms with E-state index >= 15 is 0 Å². The van der Waals surface area contributed by atoms with Crippen LogP contribution in [0.5, 0.6) is 0 Å². The van der Waals surface area contributed by atoms with Crippen LogP contribution in [0, 0.1) is 0 Å². The zero-order chi connectivity index (χ0) is 3.41. The van der Waals surface area contributed by atoms with Gasteiger partial charge in [0.15, 0.2) is 0 Å². The Morgan fingerprint density at radius 1 is 1.60 bits per heavy atom. The van der Waals surface area contributed by atoms with E-state index in [0.29, 0.717) is 6.54 Å². The number of hydrogen-bond acceptors (Lipinski definition) is 2. The SMILES string of the molecule is NCCS.S. The quantitative estimate of drug-likeness (QED) is 0.457. The third-order valence-electron chi connectivity index (χ3n) is 0.129. The molecule has 0 aromatic heterocycles. The Labute approximate surface area is 44.8 Å². The van der Waals surface area contributed by atoms with Gasteiger partial charge in [-0.05, 0) is 0 Å². The molecule has 0 aliphatic heterocycles. The van der Waals surface area contributed by atoms with Crippen LogP contribution in [0.15, 0.2) is 0 Å². The molecule has 0 fully saturated rings. The average molecular weight is 111 g/mol. The maximum absolute atomic E-state index is 4.95. The van der Waals surface area contributed by atoms with Crippen LogP contribution in [0.25, 0.3) is 0 Å². The van der Waals surface area contributed by atoms with Gasteiger partial charge in [-0.2, -0.15) is 26.1 Å². The summed E-state index contributed by atoms with van der Waals surface area (Å²) in [6.45, 7) is 0.684. The third-order valence-corrected chi connectivity index (χ3v) is 0.387. The van der Waals surface area contributed by atoms with Crippen molar-refractivity contribution in [2.75, 3.05) is 12.3 Å². The lowest BCUT2D eigenvalue weighted by Crippen LogP contribution is -1.97. The first-order valence-corrected chi connectivity index (χ1v) is 1.86. The van der Waals surface area contributed by atoms with Crippen LogP contribution in [0.2, 0.25) is 0 Å². The van der Waals surface area contributed by atoms with Crippen LogP contribution in [-0.4, -0.2) is 12.3 Å². The topological polar surface area (TPSA) is 26.0 Å². The number of hydrogen-bond donors (Lipinski definition) is 2. The zero-order valence-corrected chi connectivity index (χ0v) is 4.83. The molecule has 0 saturated heterocycles. The van der Waals surface area contributed by atoms with Crippen molar-refractivity contribution >= 4 is 26.1 Å². The first-order valence-electron chi connectivity index (χ1n) is 1.22. The van der Waals surface area contributed by atoms with E-state index < -0.39 is 0 Å². The summed E-state index contributed by atoms with van der Waals surface area (Å²) < 4.78 is 0. The monoisotopic (exact) mass is 111 g/mol. The molecule has 0 bridgehead atoms. The minimum absolute atomic E-state index is 0. The highest BCUT2D eigenvalue weighted by Gasteiger charge is 1.56. The van der Waals surface area contributed by atoms with Crippen molar-refractivity contribution in [2.24, 2.45) is 5.73 Å². The van der Waals surface area contributed by atoms with Gasteiger partial charge in [0.2, 0.25) is 0 Å². The van der Waals surface area contributed by atoms with Crippen molar-refractivity contribution in [3.05, 3.63) is 0 Å². The first-order chi connectivity index (χ1) is 1.91. The Morgan fingerprint density at radius 3 is 1.80 bits per heavy atom. The van der Waals surface area contributed by atoms with Gasteiger partial charge in [-0.25, -0.2) is 0 Å². The van der Waals surface area contributed by atoms with E-state index in [9.17, 15) is 0 Å². The van der Waals surface area contributed by atoms with Gasteiger partial charge in [0.05, 0.1) is 0 Å². The molecule has 0 atom stereocenters. The highest BCUT2D eigenvalue weighted by Crippen LogP contribution is 1.58. The second-order valence-electron chi connectivity index (χ2n) is 0.512. The Balaban J connectivity index is 0. The van der Waals surface area contributed by atoms with Crippen molar-refractivity contribution in [1.82, 2.24) is 0 Å². The molecular weight excluding hydrogens is 102 g/mol. The van der Waals surface area contributed by atoms with E-state index in [1.165, 1.54) is 0 Å². The summed E-state index contributed by atoms with van der Waals surface area (Å²) in [6.07, 6.45) is 0. The Hall–Kier alpha value is 0.660. The van der Waals surface area contributed by atoms with E-state index in [4.69, 9.17) is 5.73 Å². The molecule has 1 nitrogen and oxygen atoms in total. The van der Waals surface area contributed by atoms with Crippen molar-refractivity contribution in [3.63, 3.8) is 0 Å². The van der Waals surface area contributed by atoms with Gasteiger partial charge in [0.1, 0.15) is 0 Å². The van der Waals surface area contributed by atoms with Crippen molar-refractivity contribution in [3.8, 4) is 0 Å². The first kappa shape index (κ1) is 9.18. The summed E-state index contributed by atoms with van der Waals surface area (Å²) in [7, 11) is 0. The lowest BCUT2D eigenvalue weighted by Gasteiger charge is -1.69. The number of thiol groups is 1. The molecule has 2 N–H and O–H groups in total. The maximum atomic E-state index is 4.95. The van der Waals surface area contributed by atoms with Crippen LogP contribution in [0.1, 0.15) is 0 Å². The smallest absolute Gasteiger partial charge is 0.00255 e. The lowest BCUT2D eigenvalue weighted by molar-refractivity contribution is 1.16. The van der Waals surface area contributed by atoms with Crippen molar-refractivity contribution in [1.29, 1.82) is 0 Å². The fraction of sp³-hybridized carbons (Fsp3) is 1.00. The molecule has 0 saturated carbocycles. The second-order valence-corrected chi connectivity index (χ2v) is 0.959. The predicted molar refractivity (Wildman–Crippen MR) is 33.3 cm³/mol. The van der Waals surface area contributed by atoms with Gasteiger partial charge in [0, 0.05) is 12.3 Å². The average Bonchev–Trinajstić information content (AvgIpc) is 1.37. The third kappa shape index (κ3) is 12.0. The Kier molecular flexibility index (Phi) is 16.2. The maximum Gasteiger partial charge on any atom is 0.00255 e. The zero-order valence-electron chi connectivity index (χ0n) is 2.94. The van der Waals surface area contributed by atoms with E-state index in [1.54, 1.807) is 0 Å². The molecule has 5 heavy (non-hydrogen) atoms. The summed E-state index contributed by atoms with van der Waals surface area (Å²) in [5, 5.41) is 0. The standard InChI is InChI=1S/C2H7NS.H2S/c3-1-2-4;/h4H,1-3H2;1H2. The van der Waals surface area contributed by atoms with Crippen molar-refractivity contribution in [2.45, 2.75) is 0 Å². The molecule has 0 heterocycles. The molecule has 0 aromatic rings. The van der Waals surface area contributed by atoms with Gasteiger partial charge < -0.3 is 5.73 Å². The molecule has 0 aliphatic carbocycles. The minimum atomic E-state index is 0. The second kappa shape index (κ2) is 8.82. The fourth-order valence-electron chi connectivity index (χ4n) is 0. The summed E-state index contributed by atoms with van der Waals surface area (Å²) in [5.41, 5.74) is 4.95. The molecule has 0 rings (SSSR count). The van der Waals surface area contributed by atoms with Gasteiger partial charge >= 0.3 is 0 Å². The van der Waals surface area contributed by atoms with Crippen LogP contribution < -0.4 is 5.73 Å². The summed E-state index contributed by atoms with van der Waals surface area (Å²) in [4.78, 5) is 0. The Bertz CT molecular complexity index is 9.61. The van der Waals surface area contributed by atoms with Gasteiger partial charge in [-0.15, -0.1) is 0 Å². The number of nitrogens with two attached hydrogens (primary N) is 1. The molecule has 0 unspecified atom stereocenters. The minimum Gasteiger partial charge on any atom is -0.330 e. The molecule has 0 radical (unpaired) electrons. The van der Waals surface area contributed by atoms with E-state index in [0.717, 1.165) is 5.75 Å². The van der Waals surface area contributed by atoms with Gasteiger partial charge in [0.25, 0.3) is 0 Å².